The average molecular weight is 421 g/mol. The Balaban J connectivity index is 1.89. The Morgan fingerprint density at radius 3 is 2.31 bits per heavy atom. The first-order valence-electron chi connectivity index (χ1n) is 8.15. The first-order valence-corrected chi connectivity index (χ1v) is 9.70. The van der Waals surface area contributed by atoms with Crippen LogP contribution >= 0.6 is 0 Å². The molecule has 0 fully saturated rings. The third-order valence-electron chi connectivity index (χ3n) is 3.67. The summed E-state index contributed by atoms with van der Waals surface area (Å²) in [5.41, 5.74) is 0.676. The van der Waals surface area contributed by atoms with E-state index in [4.69, 9.17) is 14.6 Å². The Kier molecular flexibility index (Phi) is 6.91. The number of esters is 1. The molecule has 11 heteroatoms. The molecule has 0 aliphatic carbocycles. The molecule has 10 nitrogen and oxygen atoms in total. The number of ether oxygens (including phenoxy) is 2. The molecule has 29 heavy (non-hydrogen) atoms. The second-order valence-electron chi connectivity index (χ2n) is 5.83. The molecule has 154 valence electrons. The number of hydrogen-bond donors (Lipinski definition) is 3. The third-order valence-corrected chi connectivity index (χ3v) is 4.72. The van der Waals surface area contributed by atoms with Crippen molar-refractivity contribution in [3.05, 3.63) is 53.6 Å². The molecule has 0 saturated heterocycles. The second-order valence-corrected chi connectivity index (χ2v) is 7.36. The number of aryl methyl sites for hydroxylation is 1. The zero-order chi connectivity index (χ0) is 21.6. The SMILES string of the molecule is COc1ccc(NC(=O)NC(=O)COC(=O)c2ccc(C)c(S(N)(=O)=O)c2)cc1. The van der Waals surface area contributed by atoms with Crippen LogP contribution in [0.25, 0.3) is 0 Å². The molecular weight excluding hydrogens is 402 g/mol. The van der Waals surface area contributed by atoms with Crippen molar-refractivity contribution in [2.75, 3.05) is 19.0 Å². The Labute approximate surface area is 167 Å². The highest BCUT2D eigenvalue weighted by molar-refractivity contribution is 7.89. The lowest BCUT2D eigenvalue weighted by atomic mass is 10.1. The lowest BCUT2D eigenvalue weighted by molar-refractivity contribution is -0.123. The first kappa shape index (κ1) is 21.9. The molecule has 0 spiro atoms. The van der Waals surface area contributed by atoms with Crippen LogP contribution in [0.4, 0.5) is 10.5 Å². The quantitative estimate of drug-likeness (QED) is 0.591. The van der Waals surface area contributed by atoms with E-state index >= 15 is 0 Å². The molecule has 0 unspecified atom stereocenters. The molecule has 2 aromatic rings. The number of carbonyl (C=O) groups is 3. The molecule has 0 bridgehead atoms. The molecule has 0 aromatic heterocycles. The standard InChI is InChI=1S/C18H19N3O7S/c1-11-3-4-12(9-15(11)29(19,25)26)17(23)28-10-16(22)21-18(24)20-13-5-7-14(27-2)8-6-13/h3-9H,10H2,1-2H3,(H2,19,25,26)(H2,20,21,22,24). The highest BCUT2D eigenvalue weighted by atomic mass is 32.2. The Morgan fingerprint density at radius 1 is 1.07 bits per heavy atom. The van der Waals surface area contributed by atoms with Gasteiger partial charge in [0.25, 0.3) is 5.91 Å². The molecular formula is C18H19N3O7S. The number of anilines is 1. The van der Waals surface area contributed by atoms with Gasteiger partial charge < -0.3 is 14.8 Å². The fraction of sp³-hybridized carbons (Fsp3) is 0.167. The molecule has 0 heterocycles. The van der Waals surface area contributed by atoms with Gasteiger partial charge in [-0.15, -0.1) is 0 Å². The number of nitrogens with one attached hydrogen (secondary N) is 2. The summed E-state index contributed by atoms with van der Waals surface area (Å²) in [5, 5.41) is 9.51. The van der Waals surface area contributed by atoms with Gasteiger partial charge in [-0.2, -0.15) is 0 Å². The summed E-state index contributed by atoms with van der Waals surface area (Å²) in [6, 6.07) is 9.35. The predicted octanol–water partition coefficient (Wildman–Crippen LogP) is 1.16. The van der Waals surface area contributed by atoms with E-state index in [1.807, 2.05) is 5.32 Å². The summed E-state index contributed by atoms with van der Waals surface area (Å²) in [6.45, 7) is 0.775. The number of methoxy groups -OCH3 is 1. The minimum atomic E-state index is -4.02. The van der Waals surface area contributed by atoms with Gasteiger partial charge in [-0.05, 0) is 48.9 Å². The van der Waals surface area contributed by atoms with Crippen molar-refractivity contribution < 1.29 is 32.3 Å². The molecule has 0 saturated carbocycles. The number of imide groups is 1. The van der Waals surface area contributed by atoms with Crippen molar-refractivity contribution >= 4 is 33.6 Å². The van der Waals surface area contributed by atoms with Crippen molar-refractivity contribution in [3.63, 3.8) is 0 Å². The van der Waals surface area contributed by atoms with Gasteiger partial charge in [0.2, 0.25) is 10.0 Å². The Morgan fingerprint density at radius 2 is 1.72 bits per heavy atom. The topological polar surface area (TPSA) is 154 Å². The second kappa shape index (κ2) is 9.17. The van der Waals surface area contributed by atoms with Crippen LogP contribution in [-0.2, 0) is 19.6 Å². The van der Waals surface area contributed by atoms with Crippen molar-refractivity contribution in [3.8, 4) is 5.75 Å². The minimum Gasteiger partial charge on any atom is -0.497 e. The number of urea groups is 1. The largest absolute Gasteiger partial charge is 0.497 e. The van der Waals surface area contributed by atoms with Crippen LogP contribution < -0.4 is 20.5 Å². The van der Waals surface area contributed by atoms with Crippen LogP contribution in [0, 0.1) is 6.92 Å². The monoisotopic (exact) mass is 421 g/mol. The first-order chi connectivity index (χ1) is 13.6. The third kappa shape index (κ3) is 6.30. The summed E-state index contributed by atoms with van der Waals surface area (Å²) in [6.07, 6.45) is 0. The van der Waals surface area contributed by atoms with Crippen LogP contribution in [0.5, 0.6) is 5.75 Å². The van der Waals surface area contributed by atoms with E-state index < -0.39 is 34.5 Å². The number of hydrogen-bond acceptors (Lipinski definition) is 7. The van der Waals surface area contributed by atoms with Crippen molar-refractivity contribution in [1.29, 1.82) is 0 Å². The van der Waals surface area contributed by atoms with E-state index in [2.05, 4.69) is 5.32 Å². The number of amides is 3. The van der Waals surface area contributed by atoms with Gasteiger partial charge in [0.1, 0.15) is 5.75 Å². The van der Waals surface area contributed by atoms with Gasteiger partial charge in [0.15, 0.2) is 6.61 Å². The molecule has 2 aromatic carbocycles. The molecule has 4 N–H and O–H groups in total. The average Bonchev–Trinajstić information content (AvgIpc) is 2.66. The zero-order valence-electron chi connectivity index (χ0n) is 15.6. The number of benzene rings is 2. The smallest absolute Gasteiger partial charge is 0.338 e. The number of primary sulfonamides is 1. The minimum absolute atomic E-state index is 0.102. The van der Waals surface area contributed by atoms with Gasteiger partial charge in [-0.3, -0.25) is 10.1 Å². The van der Waals surface area contributed by atoms with E-state index in [1.165, 1.54) is 26.2 Å². The number of nitrogens with two attached hydrogens (primary N) is 1. The van der Waals surface area contributed by atoms with Crippen molar-refractivity contribution in [1.82, 2.24) is 5.32 Å². The lowest BCUT2D eigenvalue weighted by Crippen LogP contribution is -2.37. The van der Waals surface area contributed by atoms with Crippen LogP contribution in [-0.4, -0.2) is 40.0 Å². The number of sulfonamides is 1. The van der Waals surface area contributed by atoms with E-state index in [0.29, 0.717) is 17.0 Å². The van der Waals surface area contributed by atoms with E-state index in [-0.39, 0.29) is 10.5 Å². The van der Waals surface area contributed by atoms with Gasteiger partial charge in [-0.1, -0.05) is 6.07 Å². The van der Waals surface area contributed by atoms with Crippen LogP contribution in [0.15, 0.2) is 47.4 Å². The summed E-state index contributed by atoms with van der Waals surface area (Å²) >= 11 is 0. The molecule has 0 atom stereocenters. The van der Waals surface area contributed by atoms with Gasteiger partial charge in [0.05, 0.1) is 17.6 Å². The molecule has 0 aliphatic heterocycles. The molecule has 3 amide bonds. The van der Waals surface area contributed by atoms with Gasteiger partial charge in [0, 0.05) is 5.69 Å². The summed E-state index contributed by atoms with van der Waals surface area (Å²) in [4.78, 5) is 35.4. The zero-order valence-corrected chi connectivity index (χ0v) is 16.4. The van der Waals surface area contributed by atoms with E-state index in [1.54, 1.807) is 24.3 Å². The maximum absolute atomic E-state index is 12.0. The lowest BCUT2D eigenvalue weighted by Gasteiger charge is -2.09. The Hall–Kier alpha value is -3.44. The highest BCUT2D eigenvalue weighted by Gasteiger charge is 2.17. The van der Waals surface area contributed by atoms with Crippen LogP contribution in [0.2, 0.25) is 0 Å². The highest BCUT2D eigenvalue weighted by Crippen LogP contribution is 2.16. The van der Waals surface area contributed by atoms with Crippen LogP contribution in [0.3, 0.4) is 0 Å². The number of carbonyl (C=O) groups excluding carboxylic acids is 3. The van der Waals surface area contributed by atoms with Crippen LogP contribution in [0.1, 0.15) is 15.9 Å². The molecule has 2 rings (SSSR count). The fourth-order valence-electron chi connectivity index (χ4n) is 2.25. The maximum Gasteiger partial charge on any atom is 0.338 e. The fourth-order valence-corrected chi connectivity index (χ4v) is 3.06. The van der Waals surface area contributed by atoms with E-state index in [9.17, 15) is 22.8 Å². The van der Waals surface area contributed by atoms with Crippen molar-refractivity contribution in [2.45, 2.75) is 11.8 Å². The molecule has 0 aliphatic rings. The summed E-state index contributed by atoms with van der Waals surface area (Å²) in [7, 11) is -2.52. The summed E-state index contributed by atoms with van der Waals surface area (Å²) in [5.74, 6) is -1.22. The van der Waals surface area contributed by atoms with Gasteiger partial charge >= 0.3 is 12.0 Å². The normalized spacial score (nSPS) is 10.7. The predicted molar refractivity (Wildman–Crippen MR) is 103 cm³/mol. The summed E-state index contributed by atoms with van der Waals surface area (Å²) < 4.78 is 32.8. The number of rotatable bonds is 6. The Bertz CT molecular complexity index is 1030. The van der Waals surface area contributed by atoms with Crippen molar-refractivity contribution in [2.24, 2.45) is 5.14 Å². The van der Waals surface area contributed by atoms with E-state index in [0.717, 1.165) is 6.07 Å². The molecule has 0 radical (unpaired) electrons. The maximum atomic E-state index is 12.0. The van der Waals surface area contributed by atoms with Gasteiger partial charge in [-0.25, -0.2) is 23.1 Å².